The monoisotopic (exact) mass is 338 g/mol. The maximum absolute atomic E-state index is 5.84. The van der Waals surface area contributed by atoms with E-state index in [1.54, 1.807) is 6.08 Å². The maximum atomic E-state index is 5.84. The van der Waals surface area contributed by atoms with Crippen molar-refractivity contribution in [3.63, 3.8) is 0 Å². The zero-order valence-electron chi connectivity index (χ0n) is 15.2. The second kappa shape index (κ2) is 12.3. The quantitative estimate of drug-likeness (QED) is 0.316. The first-order valence-electron chi connectivity index (χ1n) is 9.37. The second-order valence-electron chi connectivity index (χ2n) is 6.22. The smallest absolute Gasteiger partial charge is 0.119 e. The average Bonchev–Trinajstić information content (AvgIpc) is 2.67. The molecule has 0 radical (unpaired) electrons. The SMILES string of the molecule is C=CCOCCCCCCCCOc1ccc(-c2ccccc2)cc1. The van der Waals surface area contributed by atoms with Crippen LogP contribution in [0.25, 0.3) is 11.1 Å². The lowest BCUT2D eigenvalue weighted by Crippen LogP contribution is -1.97. The number of benzene rings is 2. The van der Waals surface area contributed by atoms with Gasteiger partial charge in [0.15, 0.2) is 0 Å². The number of unbranched alkanes of at least 4 members (excludes halogenated alkanes) is 5. The maximum Gasteiger partial charge on any atom is 0.119 e. The molecule has 2 heteroatoms. The topological polar surface area (TPSA) is 18.5 Å². The van der Waals surface area contributed by atoms with E-state index in [0.717, 1.165) is 31.8 Å². The molecule has 2 aromatic carbocycles. The predicted octanol–water partition coefficient (Wildman–Crippen LogP) is 6.28. The van der Waals surface area contributed by atoms with Gasteiger partial charge in [-0.05, 0) is 36.1 Å². The molecular formula is C23H30O2. The Morgan fingerprint density at radius 3 is 1.96 bits per heavy atom. The van der Waals surface area contributed by atoms with E-state index < -0.39 is 0 Å². The molecule has 0 fully saturated rings. The molecule has 0 aliphatic rings. The van der Waals surface area contributed by atoms with Crippen molar-refractivity contribution in [2.24, 2.45) is 0 Å². The molecule has 0 aliphatic carbocycles. The molecule has 0 saturated carbocycles. The van der Waals surface area contributed by atoms with Crippen LogP contribution in [0.2, 0.25) is 0 Å². The van der Waals surface area contributed by atoms with Gasteiger partial charge in [0, 0.05) is 6.61 Å². The first-order chi connectivity index (χ1) is 12.4. The summed E-state index contributed by atoms with van der Waals surface area (Å²) in [5.41, 5.74) is 2.47. The molecule has 0 saturated heterocycles. The Bertz CT molecular complexity index is 575. The van der Waals surface area contributed by atoms with Gasteiger partial charge in [0.2, 0.25) is 0 Å². The highest BCUT2D eigenvalue weighted by atomic mass is 16.5. The fourth-order valence-electron chi connectivity index (χ4n) is 2.74. The molecule has 25 heavy (non-hydrogen) atoms. The van der Waals surface area contributed by atoms with E-state index in [1.807, 2.05) is 6.07 Å². The average molecular weight is 338 g/mol. The Morgan fingerprint density at radius 1 is 0.680 bits per heavy atom. The minimum Gasteiger partial charge on any atom is -0.494 e. The Labute approximate surface area is 152 Å². The molecule has 0 amide bonds. The Kier molecular flexibility index (Phi) is 9.50. The van der Waals surface area contributed by atoms with Crippen LogP contribution < -0.4 is 4.74 Å². The normalized spacial score (nSPS) is 10.6. The van der Waals surface area contributed by atoms with Crippen LogP contribution in [0.3, 0.4) is 0 Å². The molecule has 0 aromatic heterocycles. The van der Waals surface area contributed by atoms with E-state index >= 15 is 0 Å². The summed E-state index contributed by atoms with van der Waals surface area (Å²) in [7, 11) is 0. The van der Waals surface area contributed by atoms with E-state index in [-0.39, 0.29) is 0 Å². The van der Waals surface area contributed by atoms with Crippen molar-refractivity contribution in [1.29, 1.82) is 0 Å². The zero-order valence-corrected chi connectivity index (χ0v) is 15.2. The standard InChI is InChI=1S/C23H30O2/c1-2-18-24-19-10-5-3-4-6-11-20-25-23-16-14-22(15-17-23)21-12-8-7-9-13-21/h2,7-9,12-17H,1,3-6,10-11,18-20H2. The van der Waals surface area contributed by atoms with Crippen LogP contribution in [-0.4, -0.2) is 19.8 Å². The third-order valence-electron chi connectivity index (χ3n) is 4.15. The summed E-state index contributed by atoms with van der Waals surface area (Å²) in [4.78, 5) is 0. The first kappa shape index (κ1) is 19.3. The van der Waals surface area contributed by atoms with Gasteiger partial charge in [-0.25, -0.2) is 0 Å². The van der Waals surface area contributed by atoms with Gasteiger partial charge in [-0.15, -0.1) is 6.58 Å². The zero-order chi connectivity index (χ0) is 17.6. The van der Waals surface area contributed by atoms with Gasteiger partial charge in [-0.3, -0.25) is 0 Å². The van der Waals surface area contributed by atoms with E-state index in [0.29, 0.717) is 6.61 Å². The molecule has 0 heterocycles. The minimum atomic E-state index is 0.670. The molecule has 0 bridgehead atoms. The molecule has 2 aromatic rings. The largest absolute Gasteiger partial charge is 0.494 e. The van der Waals surface area contributed by atoms with Crippen LogP contribution in [0, 0.1) is 0 Å². The molecule has 134 valence electrons. The molecule has 0 atom stereocenters. The van der Waals surface area contributed by atoms with Crippen molar-refractivity contribution in [1.82, 2.24) is 0 Å². The third kappa shape index (κ3) is 8.04. The van der Waals surface area contributed by atoms with Crippen LogP contribution in [-0.2, 0) is 4.74 Å². The molecular weight excluding hydrogens is 308 g/mol. The van der Waals surface area contributed by atoms with E-state index in [2.05, 4.69) is 55.1 Å². The molecule has 2 rings (SSSR count). The van der Waals surface area contributed by atoms with Crippen molar-refractivity contribution >= 4 is 0 Å². The summed E-state index contributed by atoms with van der Waals surface area (Å²) in [5, 5.41) is 0. The minimum absolute atomic E-state index is 0.670. The van der Waals surface area contributed by atoms with E-state index in [4.69, 9.17) is 9.47 Å². The highest BCUT2D eigenvalue weighted by Crippen LogP contribution is 2.22. The second-order valence-corrected chi connectivity index (χ2v) is 6.22. The van der Waals surface area contributed by atoms with Crippen molar-refractivity contribution in [3.8, 4) is 16.9 Å². The Hall–Kier alpha value is -2.06. The fraction of sp³-hybridized carbons (Fsp3) is 0.391. The van der Waals surface area contributed by atoms with E-state index in [1.165, 1.54) is 36.8 Å². The first-order valence-corrected chi connectivity index (χ1v) is 9.37. The van der Waals surface area contributed by atoms with E-state index in [9.17, 15) is 0 Å². The summed E-state index contributed by atoms with van der Waals surface area (Å²) in [6.07, 6.45) is 9.11. The molecule has 0 N–H and O–H groups in total. The van der Waals surface area contributed by atoms with Crippen molar-refractivity contribution in [3.05, 3.63) is 67.3 Å². The molecule has 0 spiro atoms. The lowest BCUT2D eigenvalue weighted by molar-refractivity contribution is 0.157. The number of hydrogen-bond acceptors (Lipinski definition) is 2. The van der Waals surface area contributed by atoms with Gasteiger partial charge >= 0.3 is 0 Å². The van der Waals surface area contributed by atoms with Crippen molar-refractivity contribution in [2.75, 3.05) is 19.8 Å². The van der Waals surface area contributed by atoms with Gasteiger partial charge in [-0.1, -0.05) is 74.2 Å². The lowest BCUT2D eigenvalue weighted by atomic mass is 10.1. The van der Waals surface area contributed by atoms with Gasteiger partial charge < -0.3 is 9.47 Å². The van der Waals surface area contributed by atoms with Crippen LogP contribution in [0.5, 0.6) is 5.75 Å². The van der Waals surface area contributed by atoms with Crippen LogP contribution >= 0.6 is 0 Å². The predicted molar refractivity (Wildman–Crippen MR) is 106 cm³/mol. The summed E-state index contributed by atoms with van der Waals surface area (Å²) >= 11 is 0. The fourth-order valence-corrected chi connectivity index (χ4v) is 2.74. The highest BCUT2D eigenvalue weighted by Gasteiger charge is 1.98. The van der Waals surface area contributed by atoms with Crippen molar-refractivity contribution < 1.29 is 9.47 Å². The highest BCUT2D eigenvalue weighted by molar-refractivity contribution is 5.63. The van der Waals surface area contributed by atoms with Crippen LogP contribution in [0.15, 0.2) is 67.3 Å². The van der Waals surface area contributed by atoms with Crippen molar-refractivity contribution in [2.45, 2.75) is 38.5 Å². The molecule has 0 unspecified atom stereocenters. The Balaban J connectivity index is 1.52. The van der Waals surface area contributed by atoms with Gasteiger partial charge in [0.1, 0.15) is 5.75 Å². The summed E-state index contributed by atoms with van der Waals surface area (Å²) in [6, 6.07) is 18.8. The summed E-state index contributed by atoms with van der Waals surface area (Å²) in [5.74, 6) is 0.957. The lowest BCUT2D eigenvalue weighted by Gasteiger charge is -2.07. The summed E-state index contributed by atoms with van der Waals surface area (Å²) in [6.45, 7) is 5.96. The van der Waals surface area contributed by atoms with Gasteiger partial charge in [0.25, 0.3) is 0 Å². The third-order valence-corrected chi connectivity index (χ3v) is 4.15. The number of rotatable bonds is 13. The Morgan fingerprint density at radius 2 is 1.28 bits per heavy atom. The van der Waals surface area contributed by atoms with Gasteiger partial charge in [-0.2, -0.15) is 0 Å². The number of ether oxygens (including phenoxy) is 2. The van der Waals surface area contributed by atoms with Gasteiger partial charge in [0.05, 0.1) is 13.2 Å². The molecule has 2 nitrogen and oxygen atoms in total. The molecule has 0 aliphatic heterocycles. The number of hydrogen-bond donors (Lipinski definition) is 0. The summed E-state index contributed by atoms with van der Waals surface area (Å²) < 4.78 is 11.2. The van der Waals surface area contributed by atoms with Crippen LogP contribution in [0.4, 0.5) is 0 Å². The van der Waals surface area contributed by atoms with Crippen LogP contribution in [0.1, 0.15) is 38.5 Å².